The molecule has 1 amide bonds. The molecule has 132 valence electrons. The first-order valence-electron chi connectivity index (χ1n) is 9.08. The van der Waals surface area contributed by atoms with Crippen molar-refractivity contribution in [3.8, 4) is 0 Å². The van der Waals surface area contributed by atoms with E-state index < -0.39 is 0 Å². The molecule has 2 heterocycles. The molecule has 5 heteroatoms. The standard InChI is InChI=1S/C21H22N4O/c1-15-5-7-16(8-6-15)21(26)24-17-9-10-18-19(13-17)22-14-23-20(18)25-11-3-2-4-12-25/h5-10,13-14H,2-4,11-12H2,1H3,(H,24,26). The molecule has 2 aromatic carbocycles. The van der Waals surface area contributed by atoms with Crippen molar-refractivity contribution >= 4 is 28.3 Å². The van der Waals surface area contributed by atoms with E-state index in [1.807, 2.05) is 49.4 Å². The number of piperidine rings is 1. The zero-order chi connectivity index (χ0) is 17.9. The number of amides is 1. The maximum atomic E-state index is 12.4. The van der Waals surface area contributed by atoms with Gasteiger partial charge in [-0.05, 0) is 56.5 Å². The maximum Gasteiger partial charge on any atom is 0.255 e. The molecule has 1 fully saturated rings. The molecule has 3 aromatic rings. The van der Waals surface area contributed by atoms with Crippen molar-refractivity contribution in [2.24, 2.45) is 0 Å². The van der Waals surface area contributed by atoms with E-state index in [1.165, 1.54) is 19.3 Å². The fourth-order valence-electron chi connectivity index (χ4n) is 3.39. The summed E-state index contributed by atoms with van der Waals surface area (Å²) >= 11 is 0. The van der Waals surface area contributed by atoms with Gasteiger partial charge in [-0.15, -0.1) is 0 Å². The van der Waals surface area contributed by atoms with E-state index in [2.05, 4.69) is 20.2 Å². The van der Waals surface area contributed by atoms with E-state index in [0.717, 1.165) is 41.1 Å². The van der Waals surface area contributed by atoms with E-state index in [0.29, 0.717) is 5.56 Å². The molecule has 26 heavy (non-hydrogen) atoms. The van der Waals surface area contributed by atoms with Crippen LogP contribution in [0, 0.1) is 6.92 Å². The quantitative estimate of drug-likeness (QED) is 0.773. The van der Waals surface area contributed by atoms with Gasteiger partial charge in [0.1, 0.15) is 12.1 Å². The Morgan fingerprint density at radius 2 is 1.77 bits per heavy atom. The Morgan fingerprint density at radius 1 is 1.00 bits per heavy atom. The smallest absolute Gasteiger partial charge is 0.255 e. The Bertz CT molecular complexity index is 930. The highest BCUT2D eigenvalue weighted by Crippen LogP contribution is 2.27. The van der Waals surface area contributed by atoms with Gasteiger partial charge in [0.05, 0.1) is 5.52 Å². The second-order valence-electron chi connectivity index (χ2n) is 6.80. The zero-order valence-electron chi connectivity index (χ0n) is 14.9. The molecule has 0 saturated carbocycles. The molecular weight excluding hydrogens is 324 g/mol. The molecular formula is C21H22N4O. The lowest BCUT2D eigenvalue weighted by molar-refractivity contribution is 0.102. The lowest BCUT2D eigenvalue weighted by Crippen LogP contribution is -2.30. The number of benzene rings is 2. The van der Waals surface area contributed by atoms with Crippen LogP contribution in [0.15, 0.2) is 48.8 Å². The van der Waals surface area contributed by atoms with E-state index in [9.17, 15) is 4.79 Å². The molecule has 0 bridgehead atoms. The first-order chi connectivity index (χ1) is 12.7. The molecule has 4 rings (SSSR count). The number of nitrogens with zero attached hydrogens (tertiary/aromatic N) is 3. The molecule has 5 nitrogen and oxygen atoms in total. The Balaban J connectivity index is 1.59. The molecule has 0 aliphatic carbocycles. The van der Waals surface area contributed by atoms with E-state index in [4.69, 9.17) is 0 Å². The van der Waals surface area contributed by atoms with E-state index in [-0.39, 0.29) is 5.91 Å². The summed E-state index contributed by atoms with van der Waals surface area (Å²) < 4.78 is 0. The van der Waals surface area contributed by atoms with Crippen LogP contribution in [-0.2, 0) is 0 Å². The third-order valence-corrected chi connectivity index (χ3v) is 4.84. The second-order valence-corrected chi connectivity index (χ2v) is 6.80. The number of hydrogen-bond donors (Lipinski definition) is 1. The Kier molecular flexibility index (Phi) is 4.52. The minimum absolute atomic E-state index is 0.116. The topological polar surface area (TPSA) is 58.1 Å². The summed E-state index contributed by atoms with van der Waals surface area (Å²) in [6.07, 6.45) is 5.30. The normalized spacial score (nSPS) is 14.4. The molecule has 0 unspecified atom stereocenters. The number of carbonyl (C=O) groups excluding carboxylic acids is 1. The van der Waals surface area contributed by atoms with Crippen molar-refractivity contribution in [2.75, 3.05) is 23.3 Å². The van der Waals surface area contributed by atoms with Gasteiger partial charge >= 0.3 is 0 Å². The summed E-state index contributed by atoms with van der Waals surface area (Å²) in [5, 5.41) is 3.99. The van der Waals surface area contributed by atoms with Gasteiger partial charge in [-0.2, -0.15) is 0 Å². The fraction of sp³-hybridized carbons (Fsp3) is 0.286. The first-order valence-corrected chi connectivity index (χ1v) is 9.08. The minimum Gasteiger partial charge on any atom is -0.356 e. The average Bonchev–Trinajstić information content (AvgIpc) is 2.68. The summed E-state index contributed by atoms with van der Waals surface area (Å²) in [6.45, 7) is 4.08. The maximum absolute atomic E-state index is 12.4. The van der Waals surface area contributed by atoms with Gasteiger partial charge in [-0.25, -0.2) is 9.97 Å². The van der Waals surface area contributed by atoms with Gasteiger partial charge < -0.3 is 10.2 Å². The number of aromatic nitrogens is 2. The summed E-state index contributed by atoms with van der Waals surface area (Å²) in [7, 11) is 0. The molecule has 1 aliphatic rings. The largest absolute Gasteiger partial charge is 0.356 e. The van der Waals surface area contributed by atoms with Gasteiger partial charge in [0, 0.05) is 29.7 Å². The van der Waals surface area contributed by atoms with Gasteiger partial charge in [0.15, 0.2) is 0 Å². The fourth-order valence-corrected chi connectivity index (χ4v) is 3.39. The Morgan fingerprint density at radius 3 is 2.54 bits per heavy atom. The Hall–Kier alpha value is -2.95. The highest BCUT2D eigenvalue weighted by Gasteiger charge is 2.15. The molecule has 0 radical (unpaired) electrons. The van der Waals surface area contributed by atoms with E-state index >= 15 is 0 Å². The van der Waals surface area contributed by atoms with Gasteiger partial charge in [-0.3, -0.25) is 4.79 Å². The molecule has 0 atom stereocenters. The number of rotatable bonds is 3. The molecule has 1 aliphatic heterocycles. The van der Waals surface area contributed by atoms with Gasteiger partial charge in [0.2, 0.25) is 0 Å². The summed E-state index contributed by atoms with van der Waals surface area (Å²) in [5.41, 5.74) is 3.37. The lowest BCUT2D eigenvalue weighted by Gasteiger charge is -2.28. The monoisotopic (exact) mass is 346 g/mol. The van der Waals surface area contributed by atoms with Crippen molar-refractivity contribution in [3.05, 3.63) is 59.9 Å². The molecule has 0 spiro atoms. The van der Waals surface area contributed by atoms with Crippen molar-refractivity contribution in [1.29, 1.82) is 0 Å². The van der Waals surface area contributed by atoms with Crippen molar-refractivity contribution in [2.45, 2.75) is 26.2 Å². The number of fused-ring (bicyclic) bond motifs is 1. The summed E-state index contributed by atoms with van der Waals surface area (Å²) in [4.78, 5) is 23.7. The van der Waals surface area contributed by atoms with Crippen LogP contribution in [-0.4, -0.2) is 29.0 Å². The number of hydrogen-bond acceptors (Lipinski definition) is 4. The SMILES string of the molecule is Cc1ccc(C(=O)Nc2ccc3c(N4CCCCC4)ncnc3c2)cc1. The molecule has 1 aromatic heterocycles. The number of aryl methyl sites for hydroxylation is 1. The van der Waals surface area contributed by atoms with Crippen LogP contribution in [0.3, 0.4) is 0 Å². The highest BCUT2D eigenvalue weighted by atomic mass is 16.1. The third kappa shape index (κ3) is 3.38. The van der Waals surface area contributed by atoms with Crippen LogP contribution in [0.25, 0.3) is 10.9 Å². The van der Waals surface area contributed by atoms with Crippen molar-refractivity contribution in [3.63, 3.8) is 0 Å². The summed E-state index contributed by atoms with van der Waals surface area (Å²) in [6, 6.07) is 13.4. The minimum atomic E-state index is -0.116. The number of carbonyl (C=O) groups is 1. The second kappa shape index (κ2) is 7.12. The van der Waals surface area contributed by atoms with Crippen LogP contribution in [0.1, 0.15) is 35.2 Å². The Labute approximate surface area is 153 Å². The molecule has 1 saturated heterocycles. The predicted octanol–water partition coefficient (Wildman–Crippen LogP) is 4.18. The zero-order valence-corrected chi connectivity index (χ0v) is 14.9. The van der Waals surface area contributed by atoms with Crippen LogP contribution >= 0.6 is 0 Å². The highest BCUT2D eigenvalue weighted by molar-refractivity contribution is 6.05. The van der Waals surface area contributed by atoms with Crippen LogP contribution < -0.4 is 10.2 Å². The molecule has 1 N–H and O–H groups in total. The average molecular weight is 346 g/mol. The van der Waals surface area contributed by atoms with Crippen molar-refractivity contribution in [1.82, 2.24) is 9.97 Å². The van der Waals surface area contributed by atoms with E-state index in [1.54, 1.807) is 6.33 Å². The first kappa shape index (κ1) is 16.5. The van der Waals surface area contributed by atoms with Crippen LogP contribution in [0.2, 0.25) is 0 Å². The van der Waals surface area contributed by atoms with Crippen molar-refractivity contribution < 1.29 is 4.79 Å². The van der Waals surface area contributed by atoms with Gasteiger partial charge in [0.25, 0.3) is 5.91 Å². The van der Waals surface area contributed by atoms with Gasteiger partial charge in [-0.1, -0.05) is 17.7 Å². The predicted molar refractivity (Wildman–Crippen MR) is 105 cm³/mol. The van der Waals surface area contributed by atoms with Crippen LogP contribution in [0.5, 0.6) is 0 Å². The van der Waals surface area contributed by atoms with Crippen LogP contribution in [0.4, 0.5) is 11.5 Å². The number of anilines is 2. The lowest BCUT2D eigenvalue weighted by atomic mass is 10.1. The summed E-state index contributed by atoms with van der Waals surface area (Å²) in [5.74, 6) is 0.876. The third-order valence-electron chi connectivity index (χ3n) is 4.84. The number of nitrogens with one attached hydrogen (secondary N) is 1.